The maximum Gasteiger partial charge on any atom is 0.258 e. The Morgan fingerprint density at radius 3 is 2.34 bits per heavy atom. The number of hydrogen-bond donors (Lipinski definition) is 2. The molecule has 1 aliphatic rings. The number of sulfonamides is 1. The number of hydrogen-bond acceptors (Lipinski definition) is 5. The lowest BCUT2D eigenvalue weighted by Gasteiger charge is -2.22. The van der Waals surface area contributed by atoms with Gasteiger partial charge < -0.3 is 10.1 Å². The minimum Gasteiger partial charge on any atom is -0.484 e. The molecule has 0 bridgehead atoms. The molecule has 0 heterocycles. The number of benzene rings is 2. The number of amides is 1. The van der Waals surface area contributed by atoms with Crippen molar-refractivity contribution >= 4 is 27.8 Å². The average Bonchev–Trinajstić information content (AvgIpc) is 2.72. The monoisotopic (exact) mass is 415 g/mol. The van der Waals surface area contributed by atoms with E-state index < -0.39 is 10.0 Å². The smallest absolute Gasteiger partial charge is 0.258 e. The van der Waals surface area contributed by atoms with Gasteiger partial charge in [0.15, 0.2) is 6.61 Å². The third-order valence-electron chi connectivity index (χ3n) is 4.75. The van der Waals surface area contributed by atoms with Crippen LogP contribution in [0.5, 0.6) is 5.75 Å². The Hall–Kier alpha value is -2.71. The molecule has 2 aromatic carbocycles. The summed E-state index contributed by atoms with van der Waals surface area (Å²) >= 11 is 0. The molecule has 1 saturated carbocycles. The van der Waals surface area contributed by atoms with Crippen LogP contribution in [-0.2, 0) is 14.8 Å². The minimum atomic E-state index is -3.71. The maximum absolute atomic E-state index is 12.0. The van der Waals surface area contributed by atoms with E-state index in [2.05, 4.69) is 10.3 Å². The van der Waals surface area contributed by atoms with Gasteiger partial charge in [-0.05, 0) is 66.9 Å². The molecule has 2 aromatic rings. The predicted molar refractivity (Wildman–Crippen MR) is 112 cm³/mol. The number of nitrogens with one attached hydrogen (secondary N) is 1. The van der Waals surface area contributed by atoms with Crippen LogP contribution in [-0.4, -0.2) is 33.2 Å². The van der Waals surface area contributed by atoms with Gasteiger partial charge in [-0.25, -0.2) is 13.6 Å². The summed E-state index contributed by atoms with van der Waals surface area (Å²) in [5.74, 6) is 0.518. The largest absolute Gasteiger partial charge is 0.484 e. The van der Waals surface area contributed by atoms with E-state index in [0.29, 0.717) is 11.4 Å². The molecule has 0 atom stereocenters. The Balaban J connectivity index is 1.49. The molecular formula is C21H25N3O4S. The van der Waals surface area contributed by atoms with Crippen molar-refractivity contribution in [1.29, 1.82) is 0 Å². The predicted octanol–water partition coefficient (Wildman–Crippen LogP) is 2.91. The number of carbonyl (C=O) groups excluding carboxylic acids is 1. The van der Waals surface area contributed by atoms with E-state index >= 15 is 0 Å². The van der Waals surface area contributed by atoms with Crippen molar-refractivity contribution < 1.29 is 17.9 Å². The lowest BCUT2D eigenvalue weighted by atomic mass is 9.95. The van der Waals surface area contributed by atoms with E-state index in [9.17, 15) is 13.2 Å². The first kappa shape index (κ1) is 21.0. The maximum atomic E-state index is 12.0. The van der Waals surface area contributed by atoms with Crippen LogP contribution in [0.3, 0.4) is 0 Å². The fourth-order valence-corrected chi connectivity index (χ4v) is 3.70. The lowest BCUT2D eigenvalue weighted by Crippen LogP contribution is -2.38. The van der Waals surface area contributed by atoms with E-state index in [1.54, 1.807) is 30.5 Å². The topological polar surface area (TPSA) is 111 Å². The van der Waals surface area contributed by atoms with Crippen LogP contribution in [0, 0.1) is 0 Å². The van der Waals surface area contributed by atoms with Crippen LogP contribution >= 0.6 is 0 Å². The van der Waals surface area contributed by atoms with Gasteiger partial charge in [0.05, 0.1) is 10.6 Å². The third-order valence-corrected chi connectivity index (χ3v) is 5.68. The second-order valence-electron chi connectivity index (χ2n) is 7.06. The Kier molecular flexibility index (Phi) is 7.00. The molecule has 0 aliphatic heterocycles. The molecule has 1 aliphatic carbocycles. The molecule has 0 spiro atoms. The Bertz CT molecular complexity index is 948. The van der Waals surface area contributed by atoms with Gasteiger partial charge in [0, 0.05) is 12.3 Å². The molecule has 3 rings (SSSR count). The molecule has 154 valence electrons. The highest BCUT2D eigenvalue weighted by Crippen LogP contribution is 2.18. The van der Waals surface area contributed by atoms with Crippen LogP contribution in [0.1, 0.15) is 37.7 Å². The molecule has 0 radical (unpaired) electrons. The standard InChI is InChI=1S/C21H25N3O4S/c22-29(26,27)20-12-8-17(9-13-20)23-14-16-6-10-19(11-7-16)28-15-21(25)24-18-4-2-1-3-5-18/h6-14,18H,1-5,15H2,(H,24,25)(H2,22,26,27). The van der Waals surface area contributed by atoms with Gasteiger partial charge in [-0.1, -0.05) is 19.3 Å². The highest BCUT2D eigenvalue weighted by Gasteiger charge is 2.15. The number of rotatable bonds is 7. The number of primary sulfonamides is 1. The van der Waals surface area contributed by atoms with E-state index in [0.717, 1.165) is 18.4 Å². The molecule has 0 unspecified atom stereocenters. The highest BCUT2D eigenvalue weighted by molar-refractivity contribution is 7.89. The third kappa shape index (κ3) is 6.69. The van der Waals surface area contributed by atoms with Crippen LogP contribution in [0.4, 0.5) is 5.69 Å². The van der Waals surface area contributed by atoms with Gasteiger partial charge in [-0.15, -0.1) is 0 Å². The van der Waals surface area contributed by atoms with E-state index in [-0.39, 0.29) is 23.5 Å². The van der Waals surface area contributed by atoms with Gasteiger partial charge in [0.2, 0.25) is 10.0 Å². The number of ether oxygens (including phenoxy) is 1. The van der Waals surface area contributed by atoms with E-state index in [1.165, 1.54) is 31.4 Å². The summed E-state index contributed by atoms with van der Waals surface area (Å²) < 4.78 is 28.1. The van der Waals surface area contributed by atoms with Crippen molar-refractivity contribution in [2.24, 2.45) is 10.1 Å². The number of carbonyl (C=O) groups is 1. The zero-order chi connectivity index (χ0) is 20.7. The Labute approximate surface area is 171 Å². The van der Waals surface area contributed by atoms with Crippen molar-refractivity contribution in [2.45, 2.75) is 43.0 Å². The summed E-state index contributed by atoms with van der Waals surface area (Å²) in [6.45, 7) is 0.000333. The molecular weight excluding hydrogens is 390 g/mol. The summed E-state index contributed by atoms with van der Waals surface area (Å²) in [5.41, 5.74) is 1.46. The summed E-state index contributed by atoms with van der Waals surface area (Å²) in [4.78, 5) is 16.3. The molecule has 3 N–H and O–H groups in total. The summed E-state index contributed by atoms with van der Waals surface area (Å²) in [6, 6.07) is 13.5. The van der Waals surface area contributed by atoms with Gasteiger partial charge >= 0.3 is 0 Å². The van der Waals surface area contributed by atoms with Crippen molar-refractivity contribution in [3.8, 4) is 5.75 Å². The van der Waals surface area contributed by atoms with Gasteiger partial charge in [-0.2, -0.15) is 0 Å². The molecule has 1 amide bonds. The summed E-state index contributed by atoms with van der Waals surface area (Å²) in [6.07, 6.45) is 7.34. The lowest BCUT2D eigenvalue weighted by molar-refractivity contribution is -0.124. The minimum absolute atomic E-state index is 0.000333. The molecule has 0 saturated heterocycles. The van der Waals surface area contributed by atoms with E-state index in [1.807, 2.05) is 12.1 Å². The summed E-state index contributed by atoms with van der Waals surface area (Å²) in [5, 5.41) is 8.09. The van der Waals surface area contributed by atoms with E-state index in [4.69, 9.17) is 9.88 Å². The molecule has 8 heteroatoms. The number of nitrogens with two attached hydrogens (primary N) is 1. The number of aliphatic imine (C=N–C) groups is 1. The molecule has 1 fully saturated rings. The average molecular weight is 416 g/mol. The van der Waals surface area contributed by atoms with Crippen molar-refractivity contribution in [2.75, 3.05) is 6.61 Å². The van der Waals surface area contributed by atoms with Gasteiger partial charge in [0.25, 0.3) is 5.91 Å². The Morgan fingerprint density at radius 2 is 1.72 bits per heavy atom. The zero-order valence-corrected chi connectivity index (χ0v) is 16.9. The first-order valence-electron chi connectivity index (χ1n) is 9.59. The molecule has 29 heavy (non-hydrogen) atoms. The quantitative estimate of drug-likeness (QED) is 0.677. The molecule has 0 aromatic heterocycles. The normalized spacial score (nSPS) is 15.3. The first-order chi connectivity index (χ1) is 13.9. The second kappa shape index (κ2) is 9.67. The van der Waals surface area contributed by atoms with Crippen LogP contribution in [0.15, 0.2) is 58.4 Å². The number of nitrogens with zero attached hydrogens (tertiary/aromatic N) is 1. The molecule has 7 nitrogen and oxygen atoms in total. The van der Waals surface area contributed by atoms with Crippen molar-refractivity contribution in [3.05, 3.63) is 54.1 Å². The first-order valence-corrected chi connectivity index (χ1v) is 11.1. The zero-order valence-electron chi connectivity index (χ0n) is 16.1. The fourth-order valence-electron chi connectivity index (χ4n) is 3.19. The fraction of sp³-hybridized carbons (Fsp3) is 0.333. The van der Waals surface area contributed by atoms with Gasteiger partial charge in [-0.3, -0.25) is 9.79 Å². The van der Waals surface area contributed by atoms with Gasteiger partial charge in [0.1, 0.15) is 5.75 Å². The van der Waals surface area contributed by atoms with Crippen LogP contribution < -0.4 is 15.2 Å². The highest BCUT2D eigenvalue weighted by atomic mass is 32.2. The Morgan fingerprint density at radius 1 is 1.07 bits per heavy atom. The van der Waals surface area contributed by atoms with Crippen LogP contribution in [0.25, 0.3) is 0 Å². The van der Waals surface area contributed by atoms with Crippen molar-refractivity contribution in [1.82, 2.24) is 5.32 Å². The second-order valence-corrected chi connectivity index (χ2v) is 8.62. The summed E-state index contributed by atoms with van der Waals surface area (Å²) in [7, 11) is -3.71. The SMILES string of the molecule is NS(=O)(=O)c1ccc(N=Cc2ccc(OCC(=O)NC3CCCCC3)cc2)cc1. The van der Waals surface area contributed by atoms with Crippen molar-refractivity contribution in [3.63, 3.8) is 0 Å². The van der Waals surface area contributed by atoms with Crippen LogP contribution in [0.2, 0.25) is 0 Å².